The van der Waals surface area contributed by atoms with Gasteiger partial charge in [0.1, 0.15) is 0 Å². The molecule has 2 nitrogen and oxygen atoms in total. The molecule has 1 aromatic carbocycles. The Morgan fingerprint density at radius 3 is 2.59 bits per heavy atom. The lowest BCUT2D eigenvalue weighted by Crippen LogP contribution is -2.51. The maximum atomic E-state index is 3.55. The van der Waals surface area contributed by atoms with Crippen LogP contribution in [0, 0.1) is 6.92 Å². The molecule has 2 heteroatoms. The third-order valence-corrected chi connectivity index (χ3v) is 4.99. The van der Waals surface area contributed by atoms with Crippen LogP contribution >= 0.6 is 0 Å². The first-order chi connectivity index (χ1) is 10.3. The van der Waals surface area contributed by atoms with E-state index in [1.165, 1.54) is 35.2 Å². The molecule has 0 bridgehead atoms. The average molecular weight is 303 g/mol. The maximum absolute atomic E-state index is 3.55. The fourth-order valence-corrected chi connectivity index (χ4v) is 4.21. The Morgan fingerprint density at radius 2 is 2.00 bits per heavy atom. The molecule has 1 aliphatic rings. The molecule has 1 aliphatic heterocycles. The zero-order chi connectivity index (χ0) is 16.5. The summed E-state index contributed by atoms with van der Waals surface area (Å²) in [7, 11) is 0. The molecular formula is C20H34N2. The van der Waals surface area contributed by atoms with Crippen molar-refractivity contribution in [3.63, 3.8) is 0 Å². The highest BCUT2D eigenvalue weighted by molar-refractivity contribution is 5.63. The molecule has 1 unspecified atom stereocenters. The number of nitrogens with one attached hydrogen (secondary N) is 1. The van der Waals surface area contributed by atoms with Gasteiger partial charge in [-0.05, 0) is 82.7 Å². The SMILES string of the molecule is CCCNCc1cc2c(cc1C)N(C(C)C)C(C)(C)CC2C. The Balaban J connectivity index is 2.42. The number of fused-ring (bicyclic) bond motifs is 1. The standard InChI is InChI=1S/C20H34N2/c1-8-9-21-13-17-11-18-16(5)12-20(6,7)22(14(2)3)19(18)10-15(17)4/h10-11,14,16,21H,8-9,12-13H2,1-7H3. The van der Waals surface area contributed by atoms with Gasteiger partial charge in [0, 0.05) is 23.8 Å². The minimum Gasteiger partial charge on any atom is -0.364 e. The molecule has 0 aliphatic carbocycles. The molecular weight excluding hydrogens is 268 g/mol. The summed E-state index contributed by atoms with van der Waals surface area (Å²) >= 11 is 0. The van der Waals surface area contributed by atoms with Gasteiger partial charge in [0.2, 0.25) is 0 Å². The first-order valence-corrected chi connectivity index (χ1v) is 8.91. The first kappa shape index (κ1) is 17.3. The average Bonchev–Trinajstić information content (AvgIpc) is 2.38. The normalized spacial score (nSPS) is 20.4. The van der Waals surface area contributed by atoms with Gasteiger partial charge < -0.3 is 10.2 Å². The Morgan fingerprint density at radius 1 is 1.32 bits per heavy atom. The van der Waals surface area contributed by atoms with E-state index in [0.29, 0.717) is 12.0 Å². The van der Waals surface area contributed by atoms with Gasteiger partial charge in [0.05, 0.1) is 0 Å². The molecule has 2 rings (SSSR count). The fourth-order valence-electron chi connectivity index (χ4n) is 4.21. The fraction of sp³-hybridized carbons (Fsp3) is 0.700. The maximum Gasteiger partial charge on any atom is 0.0411 e. The van der Waals surface area contributed by atoms with E-state index in [1.54, 1.807) is 0 Å². The topological polar surface area (TPSA) is 15.3 Å². The number of rotatable bonds is 5. The minimum atomic E-state index is 0.231. The van der Waals surface area contributed by atoms with Crippen LogP contribution in [0.5, 0.6) is 0 Å². The number of benzene rings is 1. The Hall–Kier alpha value is -1.02. The predicted octanol–water partition coefficient (Wildman–Crippen LogP) is 5.00. The van der Waals surface area contributed by atoms with Crippen molar-refractivity contribution >= 4 is 5.69 Å². The second-order valence-corrected chi connectivity index (χ2v) is 7.90. The predicted molar refractivity (Wildman–Crippen MR) is 97.9 cm³/mol. The van der Waals surface area contributed by atoms with Crippen molar-refractivity contribution in [3.05, 3.63) is 28.8 Å². The van der Waals surface area contributed by atoms with Crippen LogP contribution in [0.1, 0.15) is 77.0 Å². The van der Waals surface area contributed by atoms with Gasteiger partial charge in [-0.1, -0.05) is 19.9 Å². The molecule has 0 radical (unpaired) electrons. The van der Waals surface area contributed by atoms with Crippen LogP contribution in [0.25, 0.3) is 0 Å². The highest BCUT2D eigenvalue weighted by atomic mass is 15.2. The van der Waals surface area contributed by atoms with Gasteiger partial charge in [-0.3, -0.25) is 0 Å². The lowest BCUT2D eigenvalue weighted by atomic mass is 9.78. The third kappa shape index (κ3) is 3.32. The zero-order valence-electron chi connectivity index (χ0n) is 15.6. The number of hydrogen-bond donors (Lipinski definition) is 1. The molecule has 1 aromatic rings. The van der Waals surface area contributed by atoms with Crippen LogP contribution in [0.3, 0.4) is 0 Å². The summed E-state index contributed by atoms with van der Waals surface area (Å²) in [5, 5.41) is 3.55. The van der Waals surface area contributed by atoms with Gasteiger partial charge in [0.15, 0.2) is 0 Å². The molecule has 0 spiro atoms. The van der Waals surface area contributed by atoms with Crippen LogP contribution in [-0.2, 0) is 6.54 Å². The molecule has 22 heavy (non-hydrogen) atoms. The van der Waals surface area contributed by atoms with E-state index in [9.17, 15) is 0 Å². The summed E-state index contributed by atoms with van der Waals surface area (Å²) in [5.74, 6) is 0.630. The van der Waals surface area contributed by atoms with Gasteiger partial charge in [0.25, 0.3) is 0 Å². The lowest BCUT2D eigenvalue weighted by Gasteiger charge is -2.50. The lowest BCUT2D eigenvalue weighted by molar-refractivity contribution is 0.355. The number of hydrogen-bond acceptors (Lipinski definition) is 2. The van der Waals surface area contributed by atoms with E-state index in [1.807, 2.05) is 0 Å². The highest BCUT2D eigenvalue weighted by Crippen LogP contribution is 2.45. The number of anilines is 1. The van der Waals surface area contributed by atoms with E-state index in [2.05, 4.69) is 70.8 Å². The van der Waals surface area contributed by atoms with Gasteiger partial charge in [-0.2, -0.15) is 0 Å². The largest absolute Gasteiger partial charge is 0.364 e. The molecule has 0 saturated carbocycles. The van der Waals surface area contributed by atoms with Crippen LogP contribution in [-0.4, -0.2) is 18.1 Å². The van der Waals surface area contributed by atoms with Gasteiger partial charge >= 0.3 is 0 Å². The summed E-state index contributed by atoms with van der Waals surface area (Å²) in [6, 6.07) is 5.42. The zero-order valence-corrected chi connectivity index (χ0v) is 15.6. The first-order valence-electron chi connectivity index (χ1n) is 8.91. The van der Waals surface area contributed by atoms with E-state index in [4.69, 9.17) is 0 Å². The van der Waals surface area contributed by atoms with Crippen LogP contribution in [0.4, 0.5) is 5.69 Å². The molecule has 1 atom stereocenters. The number of aryl methyl sites for hydroxylation is 1. The molecule has 1 heterocycles. The minimum absolute atomic E-state index is 0.231. The van der Waals surface area contributed by atoms with Crippen molar-refractivity contribution in [1.29, 1.82) is 0 Å². The number of nitrogens with zero attached hydrogens (tertiary/aromatic N) is 1. The summed E-state index contributed by atoms with van der Waals surface area (Å²) in [4.78, 5) is 2.62. The molecule has 0 amide bonds. The van der Waals surface area contributed by atoms with E-state index < -0.39 is 0 Å². The molecule has 1 N–H and O–H groups in total. The van der Waals surface area contributed by atoms with E-state index in [0.717, 1.165) is 13.1 Å². The second-order valence-electron chi connectivity index (χ2n) is 7.90. The van der Waals surface area contributed by atoms with Crippen LogP contribution in [0.2, 0.25) is 0 Å². The van der Waals surface area contributed by atoms with Crippen LogP contribution < -0.4 is 10.2 Å². The molecule has 0 fully saturated rings. The summed E-state index contributed by atoms with van der Waals surface area (Å²) in [5.41, 5.74) is 6.09. The molecule has 0 aromatic heterocycles. The van der Waals surface area contributed by atoms with Gasteiger partial charge in [-0.25, -0.2) is 0 Å². The van der Waals surface area contributed by atoms with Crippen molar-refractivity contribution in [2.24, 2.45) is 0 Å². The summed E-state index contributed by atoms with van der Waals surface area (Å²) in [6.07, 6.45) is 2.42. The van der Waals surface area contributed by atoms with E-state index >= 15 is 0 Å². The second kappa shape index (κ2) is 6.62. The van der Waals surface area contributed by atoms with Crippen molar-refractivity contribution < 1.29 is 0 Å². The van der Waals surface area contributed by atoms with Crippen molar-refractivity contribution in [2.75, 3.05) is 11.4 Å². The monoisotopic (exact) mass is 302 g/mol. The molecule has 0 saturated heterocycles. The molecule has 124 valence electrons. The summed E-state index contributed by atoms with van der Waals surface area (Å²) < 4.78 is 0. The van der Waals surface area contributed by atoms with Gasteiger partial charge in [-0.15, -0.1) is 0 Å². The smallest absolute Gasteiger partial charge is 0.0411 e. The Bertz CT molecular complexity index is 517. The summed E-state index contributed by atoms with van der Waals surface area (Å²) in [6.45, 7) is 18.3. The van der Waals surface area contributed by atoms with Crippen molar-refractivity contribution in [1.82, 2.24) is 5.32 Å². The van der Waals surface area contributed by atoms with Crippen molar-refractivity contribution in [3.8, 4) is 0 Å². The quantitative estimate of drug-likeness (QED) is 0.770. The van der Waals surface area contributed by atoms with Crippen LogP contribution in [0.15, 0.2) is 12.1 Å². The third-order valence-electron chi connectivity index (χ3n) is 4.99. The Labute approximate surface area is 137 Å². The van der Waals surface area contributed by atoms with Crippen molar-refractivity contribution in [2.45, 2.75) is 85.4 Å². The highest BCUT2D eigenvalue weighted by Gasteiger charge is 2.37. The Kier molecular flexibility index (Phi) is 5.21. The van der Waals surface area contributed by atoms with E-state index in [-0.39, 0.29) is 5.54 Å².